The average Bonchev–Trinajstić information content (AvgIpc) is 3.27. The third kappa shape index (κ3) is 5.14. The molecule has 1 N–H and O–H groups in total. The van der Waals surface area contributed by atoms with Gasteiger partial charge in [-0.3, -0.25) is 9.78 Å². The number of hydrogen-bond donors (Lipinski definition) is 1. The first-order valence-electron chi connectivity index (χ1n) is 10.2. The lowest BCUT2D eigenvalue weighted by Crippen LogP contribution is -2.37. The Hall–Kier alpha value is -3.46. The molecule has 1 amide bonds. The summed E-state index contributed by atoms with van der Waals surface area (Å²) in [6.07, 6.45) is -4.02. The van der Waals surface area contributed by atoms with E-state index in [1.165, 1.54) is 23.1 Å². The molecule has 33 heavy (non-hydrogen) atoms. The molecule has 1 aromatic heterocycles. The molecule has 0 radical (unpaired) electrons. The van der Waals surface area contributed by atoms with E-state index in [9.17, 15) is 27.5 Å². The van der Waals surface area contributed by atoms with Crippen LogP contribution in [0.5, 0.6) is 5.75 Å². The highest BCUT2D eigenvalue weighted by Crippen LogP contribution is 2.32. The van der Waals surface area contributed by atoms with E-state index < -0.39 is 29.7 Å². The van der Waals surface area contributed by atoms with Gasteiger partial charge in [0.25, 0.3) is 5.91 Å². The lowest BCUT2D eigenvalue weighted by atomic mass is 10.1. The van der Waals surface area contributed by atoms with Gasteiger partial charge in [-0.05, 0) is 47.4 Å². The van der Waals surface area contributed by atoms with Gasteiger partial charge in [0.05, 0.1) is 6.61 Å². The molecule has 0 bridgehead atoms. The van der Waals surface area contributed by atoms with Crippen LogP contribution in [0.4, 0.5) is 23.2 Å². The maximum absolute atomic E-state index is 13.2. The van der Waals surface area contributed by atoms with E-state index in [1.54, 1.807) is 12.1 Å². The zero-order valence-corrected chi connectivity index (χ0v) is 17.3. The molecule has 172 valence electrons. The minimum atomic E-state index is -4.54. The van der Waals surface area contributed by atoms with Gasteiger partial charge in [0, 0.05) is 30.9 Å². The summed E-state index contributed by atoms with van der Waals surface area (Å²) < 4.78 is 57.1. The van der Waals surface area contributed by atoms with E-state index in [0.29, 0.717) is 23.6 Å². The Morgan fingerprint density at radius 3 is 2.55 bits per heavy atom. The van der Waals surface area contributed by atoms with E-state index in [0.717, 1.165) is 36.4 Å². The van der Waals surface area contributed by atoms with Crippen LogP contribution < -0.4 is 9.64 Å². The lowest BCUT2D eigenvalue weighted by Gasteiger charge is -2.26. The quantitative estimate of drug-likeness (QED) is 0.551. The van der Waals surface area contributed by atoms with Crippen LogP contribution in [0.3, 0.4) is 0 Å². The van der Waals surface area contributed by atoms with Crippen LogP contribution in [0.15, 0.2) is 60.8 Å². The maximum atomic E-state index is 13.2. The highest BCUT2D eigenvalue weighted by Gasteiger charge is 2.32. The smallest absolute Gasteiger partial charge is 0.433 e. The minimum Gasteiger partial charge on any atom is -0.493 e. The SMILES string of the molecule is O=C([C@H](O)c1ccc(F)cc1)N(CCc1ccc(C(F)(F)F)nc1)c1ccc2c(c1)OCC2. The number of carbonyl (C=O) groups is 1. The number of ether oxygens (including phenoxy) is 1. The van der Waals surface area contributed by atoms with Crippen LogP contribution in [0, 0.1) is 5.82 Å². The Bertz CT molecular complexity index is 1130. The molecular weight excluding hydrogens is 440 g/mol. The van der Waals surface area contributed by atoms with Gasteiger partial charge < -0.3 is 14.7 Å². The normalized spacial score (nSPS) is 13.8. The first kappa shape index (κ1) is 22.7. The summed E-state index contributed by atoms with van der Waals surface area (Å²) in [6, 6.07) is 12.4. The van der Waals surface area contributed by atoms with E-state index in [1.807, 2.05) is 6.07 Å². The number of halogens is 4. The molecule has 1 aliphatic rings. The van der Waals surface area contributed by atoms with E-state index >= 15 is 0 Å². The molecule has 2 aromatic carbocycles. The Morgan fingerprint density at radius 2 is 1.88 bits per heavy atom. The molecule has 3 aromatic rings. The van der Waals surface area contributed by atoms with Gasteiger partial charge in [0.1, 0.15) is 17.3 Å². The fourth-order valence-electron chi connectivity index (χ4n) is 3.61. The molecule has 5 nitrogen and oxygen atoms in total. The first-order valence-corrected chi connectivity index (χ1v) is 10.2. The second-order valence-corrected chi connectivity index (χ2v) is 7.63. The number of aromatic nitrogens is 1. The number of nitrogens with zero attached hydrogens (tertiary/aromatic N) is 2. The van der Waals surface area contributed by atoms with Crippen LogP contribution in [0.25, 0.3) is 0 Å². The Labute approximate surface area is 187 Å². The minimum absolute atomic E-state index is 0.0723. The van der Waals surface area contributed by atoms with Gasteiger partial charge in [-0.25, -0.2) is 4.39 Å². The zero-order valence-electron chi connectivity index (χ0n) is 17.3. The summed E-state index contributed by atoms with van der Waals surface area (Å²) in [4.78, 5) is 18.0. The van der Waals surface area contributed by atoms with E-state index in [4.69, 9.17) is 4.74 Å². The molecule has 0 saturated carbocycles. The van der Waals surface area contributed by atoms with Crippen molar-refractivity contribution in [2.24, 2.45) is 0 Å². The molecule has 9 heteroatoms. The van der Waals surface area contributed by atoms with Gasteiger partial charge in [-0.1, -0.05) is 24.3 Å². The highest BCUT2D eigenvalue weighted by atomic mass is 19.4. The number of rotatable bonds is 6. The van der Waals surface area contributed by atoms with Crippen molar-refractivity contribution in [1.29, 1.82) is 0 Å². The number of fused-ring (bicyclic) bond motifs is 1. The molecule has 0 aliphatic carbocycles. The van der Waals surface area contributed by atoms with Crippen molar-refractivity contribution < 1.29 is 32.2 Å². The fraction of sp³-hybridized carbons (Fsp3) is 0.250. The van der Waals surface area contributed by atoms with E-state index in [2.05, 4.69) is 4.98 Å². The summed E-state index contributed by atoms with van der Waals surface area (Å²) in [7, 11) is 0. The molecule has 1 atom stereocenters. The summed E-state index contributed by atoms with van der Waals surface area (Å²) >= 11 is 0. The summed E-state index contributed by atoms with van der Waals surface area (Å²) in [6.45, 7) is 0.602. The molecule has 2 heterocycles. The molecule has 0 spiro atoms. The van der Waals surface area contributed by atoms with Crippen molar-refractivity contribution in [1.82, 2.24) is 4.98 Å². The topological polar surface area (TPSA) is 62.7 Å². The van der Waals surface area contributed by atoms with Crippen molar-refractivity contribution in [2.75, 3.05) is 18.1 Å². The maximum Gasteiger partial charge on any atom is 0.433 e. The van der Waals surface area contributed by atoms with Gasteiger partial charge >= 0.3 is 6.18 Å². The van der Waals surface area contributed by atoms with Crippen LogP contribution in [0.1, 0.15) is 28.5 Å². The number of anilines is 1. The number of carbonyl (C=O) groups excluding carboxylic acids is 1. The van der Waals surface area contributed by atoms with Gasteiger partial charge in [-0.15, -0.1) is 0 Å². The van der Waals surface area contributed by atoms with Crippen LogP contribution in [0.2, 0.25) is 0 Å². The third-order valence-corrected chi connectivity index (χ3v) is 5.42. The largest absolute Gasteiger partial charge is 0.493 e. The van der Waals surface area contributed by atoms with Gasteiger partial charge in [0.15, 0.2) is 6.10 Å². The molecular formula is C24H20F4N2O3. The number of hydrogen-bond acceptors (Lipinski definition) is 4. The second-order valence-electron chi connectivity index (χ2n) is 7.63. The van der Waals surface area contributed by atoms with Crippen molar-refractivity contribution >= 4 is 11.6 Å². The third-order valence-electron chi connectivity index (χ3n) is 5.42. The van der Waals surface area contributed by atoms with Gasteiger partial charge in [0.2, 0.25) is 0 Å². The number of aliphatic hydroxyl groups excluding tert-OH is 1. The van der Waals surface area contributed by atoms with Crippen LogP contribution in [-0.4, -0.2) is 29.1 Å². The predicted octanol–water partition coefficient (Wildman–Crippen LogP) is 4.48. The number of alkyl halides is 3. The van der Waals surface area contributed by atoms with Gasteiger partial charge in [-0.2, -0.15) is 13.2 Å². The number of aliphatic hydroxyl groups is 1. The van der Waals surface area contributed by atoms with Crippen LogP contribution in [-0.2, 0) is 23.8 Å². The van der Waals surface area contributed by atoms with Crippen molar-refractivity contribution in [3.63, 3.8) is 0 Å². The molecule has 4 rings (SSSR count). The Morgan fingerprint density at radius 1 is 1.12 bits per heavy atom. The van der Waals surface area contributed by atoms with Crippen molar-refractivity contribution in [2.45, 2.75) is 25.1 Å². The second kappa shape index (κ2) is 9.19. The fourth-order valence-corrected chi connectivity index (χ4v) is 3.61. The average molecular weight is 460 g/mol. The monoisotopic (exact) mass is 460 g/mol. The molecule has 0 fully saturated rings. The molecule has 0 saturated heterocycles. The zero-order chi connectivity index (χ0) is 23.6. The standard InChI is InChI=1S/C24H20F4N2O3/c25-18-5-2-17(3-6-18)22(31)23(32)30(19-7-4-16-10-12-33-20(16)13-19)11-9-15-1-8-21(29-14-15)24(26,27)28/h1-8,13-14,22,31H,9-12H2/t22-/m1/s1. The number of amides is 1. The predicted molar refractivity (Wildman–Crippen MR) is 112 cm³/mol. The summed E-state index contributed by atoms with van der Waals surface area (Å²) in [5, 5.41) is 10.6. The number of pyridine rings is 1. The number of benzene rings is 2. The molecule has 1 aliphatic heterocycles. The lowest BCUT2D eigenvalue weighted by molar-refractivity contribution is -0.141. The van der Waals surface area contributed by atoms with Crippen molar-refractivity contribution in [3.05, 3.63) is 89.0 Å². The first-order chi connectivity index (χ1) is 15.7. The Balaban J connectivity index is 1.58. The summed E-state index contributed by atoms with van der Waals surface area (Å²) in [5.41, 5.74) is 1.19. The highest BCUT2D eigenvalue weighted by molar-refractivity contribution is 5.97. The summed E-state index contributed by atoms with van der Waals surface area (Å²) in [5.74, 6) is -0.516. The van der Waals surface area contributed by atoms with Crippen LogP contribution >= 0.6 is 0 Å². The Kier molecular flexibility index (Phi) is 6.33. The van der Waals surface area contributed by atoms with E-state index in [-0.39, 0.29) is 18.5 Å². The van der Waals surface area contributed by atoms with Crippen molar-refractivity contribution in [3.8, 4) is 5.75 Å². The molecule has 0 unspecified atom stereocenters.